The molecule has 42 heavy (non-hydrogen) atoms. The molecule has 9 rings (SSSR count). The predicted octanol–water partition coefficient (Wildman–Crippen LogP) is 11.2. The van der Waals surface area contributed by atoms with Crippen molar-refractivity contribution in [1.82, 2.24) is 8.97 Å². The molecule has 0 N–H and O–H groups in total. The Kier molecular flexibility index (Phi) is 4.88. The molecule has 0 aliphatic rings. The Balaban J connectivity index is 1.63. The van der Waals surface area contributed by atoms with Crippen LogP contribution < -0.4 is 0 Å². The maximum atomic E-state index is 3.95. The van der Waals surface area contributed by atoms with Gasteiger partial charge in [-0.25, -0.2) is 0 Å². The first-order valence-electron chi connectivity index (χ1n) is 14.3. The van der Waals surface area contributed by atoms with E-state index in [0.717, 1.165) is 0 Å². The molecule has 5 aromatic carbocycles. The number of nitrogens with zero attached hydrogens (tertiary/aromatic N) is 2. The summed E-state index contributed by atoms with van der Waals surface area (Å²) in [6.07, 6.45) is 8.49. The van der Waals surface area contributed by atoms with Crippen LogP contribution in [0.5, 0.6) is 0 Å². The van der Waals surface area contributed by atoms with Crippen LogP contribution in [-0.2, 0) is 0 Å². The molecular weight excluding hydrogens is 529 g/mol. The van der Waals surface area contributed by atoms with Crippen molar-refractivity contribution in [3.63, 3.8) is 0 Å². The molecule has 0 unspecified atom stereocenters. The normalized spacial score (nSPS) is 12.4. The topological polar surface area (TPSA) is 9.34 Å². The maximum absolute atomic E-state index is 3.95. The quantitative estimate of drug-likeness (QED) is 0.152. The average Bonchev–Trinajstić information content (AvgIpc) is 3.69. The summed E-state index contributed by atoms with van der Waals surface area (Å²) in [4.78, 5) is 1.32. The second-order valence-electron chi connectivity index (χ2n) is 11.0. The molecule has 0 fully saturated rings. The van der Waals surface area contributed by atoms with Crippen LogP contribution in [0.2, 0.25) is 0 Å². The number of rotatable bonds is 3. The minimum absolute atomic E-state index is 1.17. The van der Waals surface area contributed by atoms with Crippen molar-refractivity contribution in [3.8, 4) is 5.69 Å². The van der Waals surface area contributed by atoms with Crippen molar-refractivity contribution in [2.75, 3.05) is 0 Å². The average molecular weight is 555 g/mol. The third-order valence-electron chi connectivity index (χ3n) is 8.79. The maximum Gasteiger partial charge on any atom is 0.0788 e. The number of aromatic nitrogens is 2. The van der Waals surface area contributed by atoms with E-state index in [9.17, 15) is 0 Å². The SMILES string of the molecule is C=C/C=C\c1c(C)sc2ccc3c4ccc5c6ccccc6n(-c6ccccc6)c5c4n4cc5ccccc5c4c3c12. The lowest BCUT2D eigenvalue weighted by molar-refractivity contribution is 1.17. The Bertz CT molecular complexity index is 2590. The number of hydrogen-bond acceptors (Lipinski definition) is 1. The van der Waals surface area contributed by atoms with Crippen LogP contribution in [0.25, 0.3) is 81.6 Å². The molecule has 0 aliphatic heterocycles. The summed E-state index contributed by atoms with van der Waals surface area (Å²) >= 11 is 1.87. The zero-order valence-corrected chi connectivity index (χ0v) is 24.0. The number of aryl methyl sites for hydroxylation is 1. The summed E-state index contributed by atoms with van der Waals surface area (Å²) in [5.41, 5.74) is 7.41. The zero-order chi connectivity index (χ0) is 27.9. The first kappa shape index (κ1) is 23.6. The highest BCUT2D eigenvalue weighted by atomic mass is 32.1. The van der Waals surface area contributed by atoms with E-state index in [0.29, 0.717) is 0 Å². The third kappa shape index (κ3) is 3.03. The van der Waals surface area contributed by atoms with Gasteiger partial charge in [-0.15, -0.1) is 11.3 Å². The number of pyridine rings is 1. The Morgan fingerprint density at radius 3 is 2.19 bits per heavy atom. The largest absolute Gasteiger partial charge is 0.313 e. The highest BCUT2D eigenvalue weighted by Gasteiger charge is 2.22. The summed E-state index contributed by atoms with van der Waals surface area (Å²) in [6.45, 7) is 6.18. The lowest BCUT2D eigenvalue weighted by Crippen LogP contribution is -1.97. The Morgan fingerprint density at radius 2 is 1.36 bits per heavy atom. The van der Waals surface area contributed by atoms with Gasteiger partial charge in [-0.1, -0.05) is 104 Å². The standard InChI is InChI=1S/C39H26N2S/c1-3-4-15-27-24(2)42-34-22-21-30-32-20-19-31-29-17-10-11-18-33(29)41(26-13-6-5-7-14-26)39(31)38(32)40-23-25-12-8-9-16-28(25)37(40)36(30)35(27)34/h3-23H,1H2,2H3/b15-4-. The molecule has 0 bridgehead atoms. The highest BCUT2D eigenvalue weighted by molar-refractivity contribution is 7.19. The van der Waals surface area contributed by atoms with Crippen LogP contribution in [0.3, 0.4) is 0 Å². The van der Waals surface area contributed by atoms with Crippen molar-refractivity contribution >= 4 is 87.3 Å². The van der Waals surface area contributed by atoms with E-state index in [1.165, 1.54) is 86.0 Å². The number of thiophene rings is 1. The first-order chi connectivity index (χ1) is 20.7. The van der Waals surface area contributed by atoms with Crippen molar-refractivity contribution in [3.05, 3.63) is 138 Å². The number of allylic oxidation sites excluding steroid dienone is 2. The summed E-state index contributed by atoms with van der Waals surface area (Å²) in [6, 6.07) is 37.7. The second kappa shape index (κ2) is 8.69. The van der Waals surface area contributed by atoms with E-state index in [4.69, 9.17) is 0 Å². The molecule has 4 heterocycles. The zero-order valence-electron chi connectivity index (χ0n) is 23.1. The van der Waals surface area contributed by atoms with Crippen LogP contribution in [0.1, 0.15) is 10.4 Å². The molecule has 198 valence electrons. The summed E-state index contributed by atoms with van der Waals surface area (Å²) in [5, 5.41) is 10.2. The summed E-state index contributed by atoms with van der Waals surface area (Å²) in [7, 11) is 0. The molecule has 0 amide bonds. The van der Waals surface area contributed by atoms with Gasteiger partial charge in [-0.05, 0) is 42.1 Å². The van der Waals surface area contributed by atoms with Gasteiger partial charge < -0.3 is 8.97 Å². The summed E-state index contributed by atoms with van der Waals surface area (Å²) in [5.74, 6) is 0. The fourth-order valence-electron chi connectivity index (χ4n) is 7.10. The molecule has 0 spiro atoms. The molecule has 2 nitrogen and oxygen atoms in total. The van der Waals surface area contributed by atoms with E-state index < -0.39 is 0 Å². The number of hydrogen-bond donors (Lipinski definition) is 0. The monoisotopic (exact) mass is 554 g/mol. The van der Waals surface area contributed by atoms with Crippen LogP contribution in [0, 0.1) is 6.92 Å². The van der Waals surface area contributed by atoms with Gasteiger partial charge in [0.2, 0.25) is 0 Å². The molecule has 0 saturated carbocycles. The predicted molar refractivity (Wildman–Crippen MR) is 184 cm³/mol. The van der Waals surface area contributed by atoms with Crippen molar-refractivity contribution in [2.45, 2.75) is 6.92 Å². The Morgan fingerprint density at radius 1 is 0.643 bits per heavy atom. The van der Waals surface area contributed by atoms with Gasteiger partial charge in [0.25, 0.3) is 0 Å². The van der Waals surface area contributed by atoms with Gasteiger partial charge in [0, 0.05) is 59.2 Å². The van der Waals surface area contributed by atoms with Gasteiger partial charge in [0.1, 0.15) is 0 Å². The summed E-state index contributed by atoms with van der Waals surface area (Å²) < 4.78 is 6.25. The first-order valence-corrected chi connectivity index (χ1v) is 15.1. The van der Waals surface area contributed by atoms with Gasteiger partial charge in [-0.2, -0.15) is 0 Å². The molecule has 0 aliphatic carbocycles. The Hall–Kier alpha value is -5.12. The van der Waals surface area contributed by atoms with E-state index in [1.54, 1.807) is 0 Å². The van der Waals surface area contributed by atoms with Crippen LogP contribution >= 0.6 is 11.3 Å². The molecular formula is C39H26N2S. The smallest absolute Gasteiger partial charge is 0.0788 e. The number of benzene rings is 5. The van der Waals surface area contributed by atoms with Gasteiger partial charge in [-0.3, -0.25) is 0 Å². The molecule has 4 aromatic heterocycles. The van der Waals surface area contributed by atoms with Gasteiger partial charge >= 0.3 is 0 Å². The van der Waals surface area contributed by atoms with Crippen LogP contribution in [0.15, 0.2) is 128 Å². The third-order valence-corrected chi connectivity index (χ3v) is 9.88. The lowest BCUT2D eigenvalue weighted by atomic mass is 9.97. The van der Waals surface area contributed by atoms with E-state index in [1.807, 2.05) is 17.4 Å². The van der Waals surface area contributed by atoms with Crippen molar-refractivity contribution in [2.24, 2.45) is 0 Å². The Labute approximate surface area is 246 Å². The van der Waals surface area contributed by atoms with E-state index >= 15 is 0 Å². The lowest BCUT2D eigenvalue weighted by Gasteiger charge is -2.15. The van der Waals surface area contributed by atoms with Gasteiger partial charge in [0.05, 0.1) is 22.1 Å². The van der Waals surface area contributed by atoms with Crippen LogP contribution in [0.4, 0.5) is 0 Å². The number of fused-ring (bicyclic) bond motifs is 14. The molecule has 3 heteroatoms. The molecule has 0 saturated heterocycles. The van der Waals surface area contributed by atoms with Gasteiger partial charge in [0.15, 0.2) is 0 Å². The van der Waals surface area contributed by atoms with E-state index in [2.05, 4.69) is 144 Å². The minimum Gasteiger partial charge on any atom is -0.313 e. The molecule has 9 aromatic rings. The van der Waals surface area contributed by atoms with Crippen LogP contribution in [-0.4, -0.2) is 8.97 Å². The fraction of sp³-hybridized carbons (Fsp3) is 0.0256. The number of para-hydroxylation sites is 2. The van der Waals surface area contributed by atoms with Crippen molar-refractivity contribution in [1.29, 1.82) is 0 Å². The highest BCUT2D eigenvalue weighted by Crippen LogP contribution is 2.46. The fourth-order valence-corrected chi connectivity index (χ4v) is 8.16. The minimum atomic E-state index is 1.17. The van der Waals surface area contributed by atoms with E-state index in [-0.39, 0.29) is 0 Å². The van der Waals surface area contributed by atoms with Crippen molar-refractivity contribution < 1.29 is 0 Å². The molecule has 0 atom stereocenters. The second-order valence-corrected chi connectivity index (χ2v) is 12.3. The molecule has 0 radical (unpaired) electrons.